The Hall–Kier alpha value is -1.14. The summed E-state index contributed by atoms with van der Waals surface area (Å²) in [5.74, 6) is 3.49. The van der Waals surface area contributed by atoms with Crippen molar-refractivity contribution in [2.24, 2.45) is 17.7 Å². The number of Topliss-reactive ketones (excluding diaryl/α,β-unsaturated/α-hetero) is 1. The zero-order valence-electron chi connectivity index (χ0n) is 12.7. The van der Waals surface area contributed by atoms with Gasteiger partial charge in [0.25, 0.3) is 0 Å². The maximum absolute atomic E-state index is 12.2. The van der Waals surface area contributed by atoms with Gasteiger partial charge >= 0.3 is 5.91 Å². The summed E-state index contributed by atoms with van der Waals surface area (Å²) in [6.07, 6.45) is 5.40. The van der Waals surface area contributed by atoms with Gasteiger partial charge in [-0.05, 0) is 25.2 Å². The van der Waals surface area contributed by atoms with Crippen LogP contribution in [0, 0.1) is 11.8 Å². The summed E-state index contributed by atoms with van der Waals surface area (Å²) in [7, 11) is 0. The van der Waals surface area contributed by atoms with Crippen molar-refractivity contribution >= 4 is 30.0 Å². The van der Waals surface area contributed by atoms with Crippen molar-refractivity contribution in [1.82, 2.24) is 10.7 Å². The van der Waals surface area contributed by atoms with E-state index in [-0.39, 0.29) is 30.2 Å². The molecule has 1 saturated carbocycles. The molecule has 0 unspecified atom stereocenters. The summed E-state index contributed by atoms with van der Waals surface area (Å²) in [5.41, 5.74) is 1.83. The minimum Gasteiger partial charge on any atom is -0.345 e. The third kappa shape index (κ3) is 6.44. The van der Waals surface area contributed by atoms with Crippen molar-refractivity contribution in [3.8, 4) is 0 Å². The van der Waals surface area contributed by atoms with Crippen molar-refractivity contribution in [3.63, 3.8) is 0 Å². The second-order valence-electron chi connectivity index (χ2n) is 5.86. The zero-order valence-corrected chi connectivity index (χ0v) is 13.5. The smallest absolute Gasteiger partial charge is 0.303 e. The van der Waals surface area contributed by atoms with E-state index in [2.05, 4.69) is 5.32 Å². The van der Waals surface area contributed by atoms with Gasteiger partial charge in [0.05, 0.1) is 6.04 Å². The molecule has 2 amide bonds. The average Bonchev–Trinajstić information content (AvgIpc) is 2.45. The number of ketones is 1. The summed E-state index contributed by atoms with van der Waals surface area (Å²) >= 11 is 0. The summed E-state index contributed by atoms with van der Waals surface area (Å²) in [4.78, 5) is 35.5. The van der Waals surface area contributed by atoms with Gasteiger partial charge in [0.1, 0.15) is 0 Å². The van der Waals surface area contributed by atoms with Gasteiger partial charge in [0.15, 0.2) is 0 Å². The fourth-order valence-corrected chi connectivity index (χ4v) is 2.59. The molecule has 0 aromatic heterocycles. The second kappa shape index (κ2) is 9.73. The van der Waals surface area contributed by atoms with E-state index in [1.165, 1.54) is 0 Å². The molecule has 0 radical (unpaired) electrons. The van der Waals surface area contributed by atoms with E-state index in [9.17, 15) is 14.4 Å². The first-order valence-electron chi connectivity index (χ1n) is 7.30. The van der Waals surface area contributed by atoms with Gasteiger partial charge in [0, 0.05) is 5.92 Å². The molecule has 1 atom stereocenters. The van der Waals surface area contributed by atoms with E-state index in [4.69, 9.17) is 5.84 Å². The van der Waals surface area contributed by atoms with Gasteiger partial charge in [-0.3, -0.25) is 19.8 Å². The van der Waals surface area contributed by atoms with Crippen LogP contribution in [0.1, 0.15) is 52.4 Å². The lowest BCUT2D eigenvalue weighted by molar-refractivity contribution is -0.140. The van der Waals surface area contributed by atoms with E-state index >= 15 is 0 Å². The van der Waals surface area contributed by atoms with E-state index in [0.29, 0.717) is 6.42 Å². The molecule has 0 saturated heterocycles. The molecule has 0 aromatic carbocycles. The van der Waals surface area contributed by atoms with Crippen molar-refractivity contribution in [2.75, 3.05) is 0 Å². The first kappa shape index (κ1) is 19.9. The van der Waals surface area contributed by atoms with Crippen LogP contribution >= 0.6 is 12.4 Å². The Morgan fingerprint density at radius 3 is 2.19 bits per heavy atom. The van der Waals surface area contributed by atoms with E-state index in [0.717, 1.165) is 32.1 Å². The lowest BCUT2D eigenvalue weighted by Crippen LogP contribution is -2.51. The molecule has 0 aromatic rings. The maximum Gasteiger partial charge on any atom is 0.303 e. The highest BCUT2D eigenvalue weighted by Gasteiger charge is 2.30. The van der Waals surface area contributed by atoms with Gasteiger partial charge in [-0.25, -0.2) is 5.84 Å². The topological polar surface area (TPSA) is 101 Å². The van der Waals surface area contributed by atoms with Crippen molar-refractivity contribution in [2.45, 2.75) is 58.4 Å². The summed E-state index contributed by atoms with van der Waals surface area (Å²) in [6, 6.07) is -0.784. The lowest BCUT2D eigenvalue weighted by Gasteiger charge is -2.24. The average molecular weight is 320 g/mol. The normalized spacial score (nSPS) is 16.8. The minimum atomic E-state index is -0.861. The van der Waals surface area contributed by atoms with Gasteiger partial charge in [-0.1, -0.05) is 33.1 Å². The Morgan fingerprint density at radius 1 is 1.14 bits per heavy atom. The molecule has 1 rings (SSSR count). The highest BCUT2D eigenvalue weighted by atomic mass is 35.5. The Bertz CT molecular complexity index is 368. The van der Waals surface area contributed by atoms with Crippen LogP contribution in [-0.4, -0.2) is 23.6 Å². The Morgan fingerprint density at radius 2 is 1.71 bits per heavy atom. The van der Waals surface area contributed by atoms with Gasteiger partial charge in [-0.15, -0.1) is 12.4 Å². The molecular formula is C14H26ClN3O3. The second-order valence-corrected chi connectivity index (χ2v) is 5.86. The standard InChI is InChI=1S/C14H25N3O3.ClH/c1-9(2)8-11(12(18)14(20)17-15)16-13(19)10-6-4-3-5-7-10;/h9-11H,3-8,15H2,1-2H3,(H,16,19)(H,17,20);1H/t11-;/m0./s1. The van der Waals surface area contributed by atoms with Gasteiger partial charge in [0.2, 0.25) is 11.7 Å². The summed E-state index contributed by atoms with van der Waals surface area (Å²) in [5, 5.41) is 2.73. The number of halogens is 1. The van der Waals surface area contributed by atoms with Crippen LogP contribution in [0.5, 0.6) is 0 Å². The molecule has 0 spiro atoms. The number of rotatable bonds is 6. The fourth-order valence-electron chi connectivity index (χ4n) is 2.59. The third-order valence-electron chi connectivity index (χ3n) is 3.67. The van der Waals surface area contributed by atoms with E-state index < -0.39 is 17.7 Å². The van der Waals surface area contributed by atoms with Crippen LogP contribution in [0.3, 0.4) is 0 Å². The van der Waals surface area contributed by atoms with Crippen LogP contribution < -0.4 is 16.6 Å². The Balaban J connectivity index is 0.00000400. The number of carbonyl (C=O) groups is 3. The molecule has 122 valence electrons. The van der Waals surface area contributed by atoms with Crippen molar-refractivity contribution in [1.29, 1.82) is 0 Å². The highest BCUT2D eigenvalue weighted by Crippen LogP contribution is 2.24. The minimum absolute atomic E-state index is 0. The number of nitrogens with two attached hydrogens (primary N) is 1. The SMILES string of the molecule is CC(C)C[C@H](NC(=O)C1CCCCC1)C(=O)C(=O)NN.Cl. The molecule has 1 aliphatic carbocycles. The van der Waals surface area contributed by atoms with Crippen LogP contribution in [-0.2, 0) is 14.4 Å². The van der Waals surface area contributed by atoms with Crippen LogP contribution in [0.4, 0.5) is 0 Å². The molecule has 0 aliphatic heterocycles. The molecule has 21 heavy (non-hydrogen) atoms. The number of hydrogen-bond donors (Lipinski definition) is 3. The predicted octanol–water partition coefficient (Wildman–Crippen LogP) is 1.08. The van der Waals surface area contributed by atoms with Crippen LogP contribution in [0.2, 0.25) is 0 Å². The zero-order chi connectivity index (χ0) is 15.1. The third-order valence-corrected chi connectivity index (χ3v) is 3.67. The Kier molecular flexibility index (Phi) is 9.21. The number of hydrazine groups is 1. The Labute approximate surface area is 132 Å². The molecule has 7 heteroatoms. The maximum atomic E-state index is 12.2. The first-order valence-corrected chi connectivity index (χ1v) is 7.30. The van der Waals surface area contributed by atoms with Crippen molar-refractivity contribution < 1.29 is 14.4 Å². The monoisotopic (exact) mass is 319 g/mol. The van der Waals surface area contributed by atoms with E-state index in [1.54, 1.807) is 0 Å². The quantitative estimate of drug-likeness (QED) is 0.295. The fraction of sp³-hybridized carbons (Fsp3) is 0.786. The van der Waals surface area contributed by atoms with Crippen LogP contribution in [0.15, 0.2) is 0 Å². The molecule has 0 bridgehead atoms. The van der Waals surface area contributed by atoms with Crippen LogP contribution in [0.25, 0.3) is 0 Å². The predicted molar refractivity (Wildman–Crippen MR) is 82.5 cm³/mol. The largest absolute Gasteiger partial charge is 0.345 e. The molecule has 4 N–H and O–H groups in total. The van der Waals surface area contributed by atoms with Crippen molar-refractivity contribution in [3.05, 3.63) is 0 Å². The number of hydrogen-bond acceptors (Lipinski definition) is 4. The number of carbonyl (C=O) groups excluding carboxylic acids is 3. The summed E-state index contributed by atoms with van der Waals surface area (Å²) in [6.45, 7) is 3.88. The van der Waals surface area contributed by atoms with Gasteiger partial charge in [-0.2, -0.15) is 0 Å². The highest BCUT2D eigenvalue weighted by molar-refractivity contribution is 6.38. The lowest BCUT2D eigenvalue weighted by atomic mass is 9.88. The number of amides is 2. The first-order chi connectivity index (χ1) is 9.45. The molecule has 0 heterocycles. The van der Waals surface area contributed by atoms with E-state index in [1.807, 2.05) is 19.3 Å². The summed E-state index contributed by atoms with van der Waals surface area (Å²) < 4.78 is 0. The molecule has 1 aliphatic rings. The number of nitrogens with one attached hydrogen (secondary N) is 2. The molecule has 1 fully saturated rings. The molecular weight excluding hydrogens is 294 g/mol. The molecule has 6 nitrogen and oxygen atoms in total. The van der Waals surface area contributed by atoms with Gasteiger partial charge < -0.3 is 5.32 Å².